The van der Waals surface area contributed by atoms with Gasteiger partial charge in [-0.15, -0.1) is 0 Å². The van der Waals surface area contributed by atoms with Crippen LogP contribution in [-0.2, 0) is 11.2 Å². The minimum Gasteiger partial charge on any atom is -0.343 e. The molecule has 1 heterocycles. The Morgan fingerprint density at radius 2 is 1.86 bits per heavy atom. The Labute approximate surface area is 133 Å². The number of carbonyl (C=O) groups excluding carboxylic acids is 1. The summed E-state index contributed by atoms with van der Waals surface area (Å²) in [5.41, 5.74) is 9.04. The van der Waals surface area contributed by atoms with Gasteiger partial charge in [-0.3, -0.25) is 4.79 Å². The summed E-state index contributed by atoms with van der Waals surface area (Å²) < 4.78 is 0. The predicted molar refractivity (Wildman–Crippen MR) is 89.6 cm³/mol. The zero-order valence-corrected chi connectivity index (χ0v) is 13.7. The summed E-state index contributed by atoms with van der Waals surface area (Å²) in [7, 11) is 0. The highest BCUT2D eigenvalue weighted by Gasteiger charge is 2.46. The maximum atomic E-state index is 12.3. The molecular weight excluding hydrogens is 272 g/mol. The molecule has 1 saturated heterocycles. The Balaban J connectivity index is 1.38. The number of aryl methyl sites for hydroxylation is 2. The van der Waals surface area contributed by atoms with Gasteiger partial charge in [0.05, 0.1) is 0 Å². The molecule has 1 aromatic rings. The zero-order chi connectivity index (χ0) is 15.6. The summed E-state index contributed by atoms with van der Waals surface area (Å²) >= 11 is 0. The van der Waals surface area contributed by atoms with Gasteiger partial charge in [-0.1, -0.05) is 29.8 Å². The molecule has 2 N–H and O–H groups in total. The molecule has 1 aliphatic heterocycles. The Bertz CT molecular complexity index is 511. The molecular formula is C19H28N2O. The first-order chi connectivity index (χ1) is 10.6. The standard InChI is InChI=1S/C19H28N2O/c1-15-5-7-16(8-6-15)3-2-4-18(22)21-13-9-17(10-14-21)19(20)11-12-19/h5-8,17H,2-4,9-14,20H2,1H3. The Hall–Kier alpha value is -1.35. The van der Waals surface area contributed by atoms with Gasteiger partial charge in [-0.05, 0) is 56.9 Å². The van der Waals surface area contributed by atoms with Crippen LogP contribution in [0.5, 0.6) is 0 Å². The summed E-state index contributed by atoms with van der Waals surface area (Å²) in [5.74, 6) is 0.969. The normalized spacial score (nSPS) is 20.9. The lowest BCUT2D eigenvalue weighted by Gasteiger charge is -2.35. The molecule has 0 bridgehead atoms. The fraction of sp³-hybridized carbons (Fsp3) is 0.632. The maximum absolute atomic E-state index is 12.3. The number of benzene rings is 1. The smallest absolute Gasteiger partial charge is 0.222 e. The van der Waals surface area contributed by atoms with E-state index in [0.29, 0.717) is 18.2 Å². The number of rotatable bonds is 5. The third-order valence-electron chi connectivity index (χ3n) is 5.46. The van der Waals surface area contributed by atoms with Crippen molar-refractivity contribution < 1.29 is 4.79 Å². The van der Waals surface area contributed by atoms with E-state index in [4.69, 9.17) is 5.73 Å². The summed E-state index contributed by atoms with van der Waals surface area (Å²) in [6.07, 6.45) is 7.17. The van der Waals surface area contributed by atoms with Crippen molar-refractivity contribution in [3.05, 3.63) is 35.4 Å². The molecule has 0 radical (unpaired) electrons. The maximum Gasteiger partial charge on any atom is 0.222 e. The lowest BCUT2D eigenvalue weighted by molar-refractivity contribution is -0.132. The number of likely N-dealkylation sites (tertiary alicyclic amines) is 1. The van der Waals surface area contributed by atoms with Crippen LogP contribution in [0, 0.1) is 12.8 Å². The highest BCUT2D eigenvalue weighted by atomic mass is 16.2. The minimum absolute atomic E-state index is 0.126. The van der Waals surface area contributed by atoms with Crippen LogP contribution in [0.3, 0.4) is 0 Å². The molecule has 1 amide bonds. The van der Waals surface area contributed by atoms with Gasteiger partial charge < -0.3 is 10.6 Å². The van der Waals surface area contributed by atoms with Crippen molar-refractivity contribution in [2.75, 3.05) is 13.1 Å². The van der Waals surface area contributed by atoms with Crippen LogP contribution in [0.15, 0.2) is 24.3 Å². The molecule has 1 aromatic carbocycles. The number of carbonyl (C=O) groups is 1. The van der Waals surface area contributed by atoms with Crippen LogP contribution in [0.2, 0.25) is 0 Å². The van der Waals surface area contributed by atoms with Crippen LogP contribution in [0.4, 0.5) is 0 Å². The molecule has 0 aromatic heterocycles. The quantitative estimate of drug-likeness (QED) is 0.908. The number of piperidine rings is 1. The zero-order valence-electron chi connectivity index (χ0n) is 13.7. The summed E-state index contributed by atoms with van der Waals surface area (Å²) in [6, 6.07) is 8.62. The molecule has 0 spiro atoms. The van der Waals surface area contributed by atoms with Crippen LogP contribution >= 0.6 is 0 Å². The molecule has 0 unspecified atom stereocenters. The van der Waals surface area contributed by atoms with Gasteiger partial charge in [0.25, 0.3) is 0 Å². The average Bonchev–Trinajstić information content (AvgIpc) is 3.28. The molecule has 3 heteroatoms. The number of nitrogens with two attached hydrogens (primary N) is 1. The first-order valence-corrected chi connectivity index (χ1v) is 8.69. The second kappa shape index (κ2) is 6.41. The highest BCUT2D eigenvalue weighted by molar-refractivity contribution is 5.76. The fourth-order valence-electron chi connectivity index (χ4n) is 3.61. The second-order valence-corrected chi connectivity index (χ2v) is 7.23. The van der Waals surface area contributed by atoms with E-state index in [2.05, 4.69) is 36.1 Å². The van der Waals surface area contributed by atoms with Crippen molar-refractivity contribution in [1.29, 1.82) is 0 Å². The van der Waals surface area contributed by atoms with Crippen molar-refractivity contribution in [3.8, 4) is 0 Å². The van der Waals surface area contributed by atoms with Gasteiger partial charge in [-0.25, -0.2) is 0 Å². The second-order valence-electron chi connectivity index (χ2n) is 7.23. The number of hydrogen-bond acceptors (Lipinski definition) is 2. The van der Waals surface area contributed by atoms with Crippen molar-refractivity contribution in [2.24, 2.45) is 11.7 Å². The van der Waals surface area contributed by atoms with Crippen LogP contribution in [0.25, 0.3) is 0 Å². The lowest BCUT2D eigenvalue weighted by Crippen LogP contribution is -2.44. The van der Waals surface area contributed by atoms with E-state index in [9.17, 15) is 4.79 Å². The third-order valence-corrected chi connectivity index (χ3v) is 5.46. The van der Waals surface area contributed by atoms with E-state index in [1.807, 2.05) is 0 Å². The summed E-state index contributed by atoms with van der Waals surface area (Å²) in [6.45, 7) is 3.92. The average molecular weight is 300 g/mol. The highest BCUT2D eigenvalue weighted by Crippen LogP contribution is 2.44. The van der Waals surface area contributed by atoms with E-state index < -0.39 is 0 Å². The van der Waals surface area contributed by atoms with Crippen molar-refractivity contribution in [2.45, 2.75) is 57.4 Å². The first kappa shape index (κ1) is 15.5. The lowest BCUT2D eigenvalue weighted by atomic mass is 9.88. The van der Waals surface area contributed by atoms with Gasteiger partial charge >= 0.3 is 0 Å². The Morgan fingerprint density at radius 1 is 1.23 bits per heavy atom. The van der Waals surface area contributed by atoms with Crippen molar-refractivity contribution in [3.63, 3.8) is 0 Å². The van der Waals surface area contributed by atoms with Crippen LogP contribution < -0.4 is 5.73 Å². The number of nitrogens with zero attached hydrogens (tertiary/aromatic N) is 1. The molecule has 22 heavy (non-hydrogen) atoms. The molecule has 1 saturated carbocycles. The van der Waals surface area contributed by atoms with Gasteiger partial charge in [0.2, 0.25) is 5.91 Å². The monoisotopic (exact) mass is 300 g/mol. The molecule has 2 aliphatic rings. The summed E-state index contributed by atoms with van der Waals surface area (Å²) in [5, 5.41) is 0. The largest absolute Gasteiger partial charge is 0.343 e. The molecule has 2 fully saturated rings. The first-order valence-electron chi connectivity index (χ1n) is 8.69. The molecule has 3 nitrogen and oxygen atoms in total. The van der Waals surface area contributed by atoms with Crippen molar-refractivity contribution >= 4 is 5.91 Å². The van der Waals surface area contributed by atoms with E-state index >= 15 is 0 Å². The summed E-state index contributed by atoms with van der Waals surface area (Å²) in [4.78, 5) is 14.4. The SMILES string of the molecule is Cc1ccc(CCCC(=O)N2CCC(C3(N)CC3)CC2)cc1. The van der Waals surface area contributed by atoms with Gasteiger partial charge in [0, 0.05) is 25.0 Å². The minimum atomic E-state index is 0.126. The molecule has 0 atom stereocenters. The van der Waals surface area contributed by atoms with Gasteiger partial charge in [0.15, 0.2) is 0 Å². The van der Waals surface area contributed by atoms with Gasteiger partial charge in [-0.2, -0.15) is 0 Å². The Morgan fingerprint density at radius 3 is 2.45 bits per heavy atom. The van der Waals surface area contributed by atoms with Crippen LogP contribution in [-0.4, -0.2) is 29.4 Å². The topological polar surface area (TPSA) is 46.3 Å². The molecule has 120 valence electrons. The van der Waals surface area contributed by atoms with E-state index in [1.54, 1.807) is 0 Å². The third kappa shape index (κ3) is 3.70. The molecule has 1 aliphatic carbocycles. The number of hydrogen-bond donors (Lipinski definition) is 1. The Kier molecular flexibility index (Phi) is 4.53. The molecule has 3 rings (SSSR count). The van der Waals surface area contributed by atoms with Crippen LogP contribution in [0.1, 0.15) is 49.7 Å². The van der Waals surface area contributed by atoms with E-state index in [-0.39, 0.29) is 5.54 Å². The fourth-order valence-corrected chi connectivity index (χ4v) is 3.61. The van der Waals surface area contributed by atoms with E-state index in [0.717, 1.165) is 38.8 Å². The van der Waals surface area contributed by atoms with Gasteiger partial charge in [0.1, 0.15) is 0 Å². The van der Waals surface area contributed by atoms with E-state index in [1.165, 1.54) is 24.0 Å². The number of amides is 1. The van der Waals surface area contributed by atoms with Crippen molar-refractivity contribution in [1.82, 2.24) is 4.90 Å². The predicted octanol–water partition coefficient (Wildman–Crippen LogP) is 3.05.